The minimum Gasteiger partial charge on any atom is -0.493 e. The minimum atomic E-state index is -0.296. The van der Waals surface area contributed by atoms with E-state index in [-0.39, 0.29) is 11.7 Å². The van der Waals surface area contributed by atoms with E-state index < -0.39 is 0 Å². The van der Waals surface area contributed by atoms with Gasteiger partial charge in [0.25, 0.3) is 5.91 Å². The highest BCUT2D eigenvalue weighted by Crippen LogP contribution is 2.41. The molecule has 1 amide bonds. The standard InChI is InChI=1S/C32H29N5O5S/c1-39-27-18-23(19-28(40-2)30(27)41-3)31-35-36-32(37(31)24-12-6-4-7-13-24)43-21-29(38)34-33-20-22-11-10-16-26(17-22)42-25-14-8-5-9-15-25/h4-20H,21H2,1-3H3,(H,34,38). The van der Waals surface area contributed by atoms with Crippen LogP contribution in [0.5, 0.6) is 28.7 Å². The molecule has 0 radical (unpaired) electrons. The van der Waals surface area contributed by atoms with Gasteiger partial charge in [-0.15, -0.1) is 10.2 Å². The fourth-order valence-corrected chi connectivity index (χ4v) is 4.94. The summed E-state index contributed by atoms with van der Waals surface area (Å²) >= 11 is 1.24. The van der Waals surface area contributed by atoms with Crippen LogP contribution in [0, 0.1) is 0 Å². The maximum Gasteiger partial charge on any atom is 0.250 e. The molecule has 5 aromatic rings. The van der Waals surface area contributed by atoms with E-state index in [1.165, 1.54) is 11.8 Å². The van der Waals surface area contributed by atoms with E-state index in [4.69, 9.17) is 18.9 Å². The van der Waals surface area contributed by atoms with Crippen molar-refractivity contribution in [3.63, 3.8) is 0 Å². The van der Waals surface area contributed by atoms with Crippen LogP contribution in [0.2, 0.25) is 0 Å². The smallest absolute Gasteiger partial charge is 0.250 e. The zero-order valence-corrected chi connectivity index (χ0v) is 24.6. The number of benzene rings is 4. The number of ether oxygens (including phenoxy) is 4. The lowest BCUT2D eigenvalue weighted by molar-refractivity contribution is -0.118. The molecule has 0 atom stereocenters. The van der Waals surface area contributed by atoms with Crippen molar-refractivity contribution >= 4 is 23.9 Å². The van der Waals surface area contributed by atoms with Gasteiger partial charge in [-0.05, 0) is 54.1 Å². The average Bonchev–Trinajstić information content (AvgIpc) is 3.48. The van der Waals surface area contributed by atoms with Crippen LogP contribution in [0.1, 0.15) is 5.56 Å². The van der Waals surface area contributed by atoms with E-state index in [1.807, 2.05) is 89.5 Å². The molecule has 5 rings (SSSR count). The number of carbonyl (C=O) groups excluding carboxylic acids is 1. The summed E-state index contributed by atoms with van der Waals surface area (Å²) < 4.78 is 24.3. The van der Waals surface area contributed by atoms with E-state index >= 15 is 0 Å². The van der Waals surface area contributed by atoms with Gasteiger partial charge in [-0.1, -0.05) is 60.3 Å². The number of rotatable bonds is 12. The Morgan fingerprint density at radius 2 is 1.51 bits per heavy atom. The van der Waals surface area contributed by atoms with Gasteiger partial charge in [0, 0.05) is 11.3 Å². The molecule has 0 spiro atoms. The lowest BCUT2D eigenvalue weighted by Gasteiger charge is -2.15. The molecule has 0 aliphatic heterocycles. The third kappa shape index (κ3) is 7.14. The Hall–Kier alpha value is -5.29. The second-order valence-electron chi connectivity index (χ2n) is 8.96. The van der Waals surface area contributed by atoms with E-state index in [2.05, 4.69) is 20.7 Å². The Morgan fingerprint density at radius 1 is 0.837 bits per heavy atom. The first-order valence-electron chi connectivity index (χ1n) is 13.2. The Bertz CT molecular complexity index is 1690. The molecule has 1 heterocycles. The van der Waals surface area contributed by atoms with Crippen molar-refractivity contribution < 1.29 is 23.7 Å². The maximum atomic E-state index is 12.7. The zero-order chi connectivity index (χ0) is 30.0. The molecule has 0 bridgehead atoms. The fourth-order valence-electron chi connectivity index (χ4n) is 4.19. The number of aromatic nitrogens is 3. The molecule has 218 valence electrons. The summed E-state index contributed by atoms with van der Waals surface area (Å²) in [5.41, 5.74) is 4.88. The quantitative estimate of drug-likeness (QED) is 0.106. The van der Waals surface area contributed by atoms with Gasteiger partial charge in [0.2, 0.25) is 5.75 Å². The van der Waals surface area contributed by atoms with Gasteiger partial charge >= 0.3 is 0 Å². The number of nitrogens with one attached hydrogen (secondary N) is 1. The van der Waals surface area contributed by atoms with E-state index in [9.17, 15) is 4.79 Å². The molecular formula is C32H29N5O5S. The van der Waals surface area contributed by atoms with Gasteiger partial charge < -0.3 is 18.9 Å². The van der Waals surface area contributed by atoms with Crippen LogP contribution in [0.25, 0.3) is 17.1 Å². The fraction of sp³-hybridized carbons (Fsp3) is 0.125. The summed E-state index contributed by atoms with van der Waals surface area (Å²) in [5.74, 6) is 3.17. The Kier molecular flexibility index (Phi) is 9.55. The predicted octanol–water partition coefficient (Wildman–Crippen LogP) is 5.99. The first-order valence-corrected chi connectivity index (χ1v) is 14.2. The Balaban J connectivity index is 1.30. The molecular weight excluding hydrogens is 566 g/mol. The first-order chi connectivity index (χ1) is 21.1. The van der Waals surface area contributed by atoms with Crippen LogP contribution in [-0.2, 0) is 4.79 Å². The SMILES string of the molecule is COc1cc(-c2nnc(SCC(=O)NN=Cc3cccc(Oc4ccccc4)c3)n2-c2ccccc2)cc(OC)c1OC. The highest BCUT2D eigenvalue weighted by molar-refractivity contribution is 7.99. The van der Waals surface area contributed by atoms with Crippen molar-refractivity contribution in [2.75, 3.05) is 27.1 Å². The molecule has 0 unspecified atom stereocenters. The largest absolute Gasteiger partial charge is 0.493 e. The lowest BCUT2D eigenvalue weighted by atomic mass is 10.1. The summed E-state index contributed by atoms with van der Waals surface area (Å²) in [4.78, 5) is 12.7. The topological polar surface area (TPSA) is 109 Å². The number of carbonyl (C=O) groups is 1. The van der Waals surface area contributed by atoms with Crippen molar-refractivity contribution in [3.8, 4) is 45.8 Å². The van der Waals surface area contributed by atoms with Gasteiger partial charge in [-0.2, -0.15) is 5.10 Å². The number of hydrazone groups is 1. The Morgan fingerprint density at radius 3 is 2.19 bits per heavy atom. The maximum absolute atomic E-state index is 12.7. The van der Waals surface area contributed by atoms with E-state index in [1.54, 1.807) is 39.7 Å². The number of thioether (sulfide) groups is 1. The van der Waals surface area contributed by atoms with Crippen molar-refractivity contribution in [1.29, 1.82) is 0 Å². The molecule has 11 heteroatoms. The van der Waals surface area contributed by atoms with Crippen LogP contribution < -0.4 is 24.4 Å². The van der Waals surface area contributed by atoms with Crippen LogP contribution >= 0.6 is 11.8 Å². The molecule has 0 aliphatic carbocycles. The van der Waals surface area contributed by atoms with E-state index in [0.29, 0.717) is 39.5 Å². The Labute approximate surface area is 253 Å². The molecule has 43 heavy (non-hydrogen) atoms. The van der Waals surface area contributed by atoms with Crippen molar-refractivity contribution in [2.24, 2.45) is 5.10 Å². The molecule has 10 nitrogen and oxygen atoms in total. The third-order valence-corrected chi connectivity index (χ3v) is 7.07. The summed E-state index contributed by atoms with van der Waals surface area (Å²) in [6.45, 7) is 0. The number of nitrogens with zero attached hydrogens (tertiary/aromatic N) is 4. The number of amides is 1. The van der Waals surface area contributed by atoms with Gasteiger partial charge in [0.15, 0.2) is 22.5 Å². The number of methoxy groups -OCH3 is 3. The van der Waals surface area contributed by atoms with Gasteiger partial charge in [0.05, 0.1) is 33.3 Å². The summed E-state index contributed by atoms with van der Waals surface area (Å²) in [6.07, 6.45) is 1.56. The van der Waals surface area contributed by atoms with Crippen molar-refractivity contribution in [1.82, 2.24) is 20.2 Å². The average molecular weight is 596 g/mol. The van der Waals surface area contributed by atoms with Gasteiger partial charge in [0.1, 0.15) is 11.5 Å². The molecule has 1 aromatic heterocycles. The van der Waals surface area contributed by atoms with Gasteiger partial charge in [-0.3, -0.25) is 9.36 Å². The molecule has 1 N–H and O–H groups in total. The molecule has 0 aliphatic rings. The van der Waals surface area contributed by atoms with Gasteiger partial charge in [-0.25, -0.2) is 5.43 Å². The zero-order valence-electron chi connectivity index (χ0n) is 23.8. The number of hydrogen-bond donors (Lipinski definition) is 1. The van der Waals surface area contributed by atoms with Crippen molar-refractivity contribution in [3.05, 3.63) is 103 Å². The molecule has 0 saturated heterocycles. The molecule has 0 saturated carbocycles. The second kappa shape index (κ2) is 14.1. The van der Waals surface area contributed by atoms with Crippen molar-refractivity contribution in [2.45, 2.75) is 5.16 Å². The number of hydrogen-bond acceptors (Lipinski definition) is 9. The normalized spacial score (nSPS) is 10.9. The predicted molar refractivity (Wildman–Crippen MR) is 166 cm³/mol. The summed E-state index contributed by atoms with van der Waals surface area (Å²) in [5, 5.41) is 13.5. The first kappa shape index (κ1) is 29.2. The van der Waals surface area contributed by atoms with Crippen LogP contribution in [0.3, 0.4) is 0 Å². The highest BCUT2D eigenvalue weighted by atomic mass is 32.2. The van der Waals surface area contributed by atoms with Crippen LogP contribution in [-0.4, -0.2) is 54.0 Å². The number of para-hydroxylation sites is 2. The minimum absolute atomic E-state index is 0.0642. The lowest BCUT2D eigenvalue weighted by Crippen LogP contribution is -2.20. The summed E-state index contributed by atoms with van der Waals surface area (Å²) in [6, 6.07) is 30.2. The van der Waals surface area contributed by atoms with E-state index in [0.717, 1.165) is 17.0 Å². The second-order valence-corrected chi connectivity index (χ2v) is 9.90. The highest BCUT2D eigenvalue weighted by Gasteiger charge is 2.21. The molecule has 0 fully saturated rings. The molecule has 4 aromatic carbocycles. The summed E-state index contributed by atoms with van der Waals surface area (Å²) in [7, 11) is 4.66. The monoisotopic (exact) mass is 595 g/mol. The van der Waals surface area contributed by atoms with Crippen LogP contribution in [0.4, 0.5) is 0 Å². The third-order valence-electron chi connectivity index (χ3n) is 6.14. The van der Waals surface area contributed by atoms with Crippen LogP contribution in [0.15, 0.2) is 107 Å².